The van der Waals surface area contributed by atoms with Gasteiger partial charge in [-0.25, -0.2) is 0 Å². The smallest absolute Gasteiger partial charge is 0.289 e. The van der Waals surface area contributed by atoms with Crippen LogP contribution >= 0.6 is 0 Å². The van der Waals surface area contributed by atoms with Crippen LogP contribution in [0.1, 0.15) is 83.7 Å². The Morgan fingerprint density at radius 1 is 1.17 bits per heavy atom. The van der Waals surface area contributed by atoms with Gasteiger partial charge >= 0.3 is 0 Å². The Hall–Kier alpha value is -1.82. The summed E-state index contributed by atoms with van der Waals surface area (Å²) in [5.41, 5.74) is 0.0198. The number of furan rings is 1. The van der Waals surface area contributed by atoms with Crippen LogP contribution in [0.2, 0.25) is 0 Å². The van der Waals surface area contributed by atoms with Crippen LogP contribution in [0.3, 0.4) is 0 Å². The third-order valence-electron chi connectivity index (χ3n) is 6.51. The molecule has 2 aliphatic heterocycles. The Balaban J connectivity index is 1.66. The van der Waals surface area contributed by atoms with E-state index in [0.717, 1.165) is 45.1 Å². The molecule has 2 aliphatic rings. The average molecular weight is 418 g/mol. The summed E-state index contributed by atoms with van der Waals surface area (Å²) in [5, 5.41) is 3.73. The molecule has 0 unspecified atom stereocenters. The van der Waals surface area contributed by atoms with E-state index < -0.39 is 0 Å². The highest BCUT2D eigenvalue weighted by atomic mass is 16.3. The molecule has 0 atom stereocenters. The van der Waals surface area contributed by atoms with Gasteiger partial charge in [0.2, 0.25) is 5.91 Å². The molecule has 6 nitrogen and oxygen atoms in total. The number of likely N-dealkylation sites (tertiary alicyclic amines) is 1. The molecule has 2 fully saturated rings. The van der Waals surface area contributed by atoms with Gasteiger partial charge in [0.05, 0.1) is 6.26 Å². The van der Waals surface area contributed by atoms with Crippen LogP contribution in [0.15, 0.2) is 22.8 Å². The molecule has 1 N–H and O–H groups in total. The lowest BCUT2D eigenvalue weighted by Gasteiger charge is -2.50. The minimum atomic E-state index is -0.0735. The van der Waals surface area contributed by atoms with Crippen molar-refractivity contribution in [2.45, 2.75) is 90.3 Å². The van der Waals surface area contributed by atoms with Gasteiger partial charge in [-0.2, -0.15) is 0 Å². The van der Waals surface area contributed by atoms with E-state index >= 15 is 0 Å². The Morgan fingerprint density at radius 2 is 1.80 bits per heavy atom. The average Bonchev–Trinajstić information content (AvgIpc) is 3.20. The van der Waals surface area contributed by atoms with E-state index in [0.29, 0.717) is 18.8 Å². The maximum atomic E-state index is 13.6. The second-order valence-electron chi connectivity index (χ2n) is 10.4. The first kappa shape index (κ1) is 22.9. The number of amides is 2. The van der Waals surface area contributed by atoms with Crippen LogP contribution in [0.4, 0.5) is 0 Å². The van der Waals surface area contributed by atoms with Gasteiger partial charge in [0.1, 0.15) is 0 Å². The maximum absolute atomic E-state index is 13.6. The zero-order chi connectivity index (χ0) is 21.9. The van der Waals surface area contributed by atoms with Gasteiger partial charge < -0.3 is 19.5 Å². The minimum Gasteiger partial charge on any atom is -0.459 e. The van der Waals surface area contributed by atoms with E-state index in [4.69, 9.17) is 4.42 Å². The number of unbranched alkanes of at least 4 members (excludes halogenated alkanes) is 1. The number of hydrogen-bond acceptors (Lipinski definition) is 4. The second kappa shape index (κ2) is 9.13. The van der Waals surface area contributed by atoms with Crippen molar-refractivity contribution in [3.05, 3.63) is 24.2 Å². The lowest BCUT2D eigenvalue weighted by Crippen LogP contribution is -2.63. The van der Waals surface area contributed by atoms with E-state index in [9.17, 15) is 9.59 Å². The van der Waals surface area contributed by atoms with Crippen molar-refractivity contribution in [1.29, 1.82) is 0 Å². The zero-order valence-corrected chi connectivity index (χ0v) is 19.4. The topological polar surface area (TPSA) is 65.8 Å². The lowest BCUT2D eigenvalue weighted by molar-refractivity contribution is -0.141. The highest BCUT2D eigenvalue weighted by molar-refractivity contribution is 5.91. The number of piperidine rings is 2. The summed E-state index contributed by atoms with van der Waals surface area (Å²) < 4.78 is 5.25. The fraction of sp³-hybridized carbons (Fsp3) is 0.750. The number of nitrogens with zero attached hydrogens (tertiary/aromatic N) is 2. The Labute approximate surface area is 181 Å². The monoisotopic (exact) mass is 417 g/mol. The standard InChI is InChI=1S/C24H39N3O3/c1-6-7-12-27(19-16-23(2,3)25-24(4,5)17-19)21(28)18-10-13-26(14-11-18)22(29)20-9-8-15-30-20/h8-9,15,18-19,25H,6-7,10-14,16-17H2,1-5H3. The van der Waals surface area contributed by atoms with Gasteiger partial charge in [0.25, 0.3) is 5.91 Å². The molecule has 2 amide bonds. The van der Waals surface area contributed by atoms with Crippen molar-refractivity contribution in [2.75, 3.05) is 19.6 Å². The fourth-order valence-electron chi connectivity index (χ4n) is 5.41. The summed E-state index contributed by atoms with van der Waals surface area (Å²) in [5.74, 6) is 0.592. The van der Waals surface area contributed by atoms with E-state index in [1.54, 1.807) is 12.1 Å². The van der Waals surface area contributed by atoms with Gasteiger partial charge in [-0.3, -0.25) is 9.59 Å². The maximum Gasteiger partial charge on any atom is 0.289 e. The predicted octanol–water partition coefficient (Wildman–Crippen LogP) is 4.07. The molecular formula is C24H39N3O3. The lowest BCUT2D eigenvalue weighted by atomic mass is 9.78. The van der Waals surface area contributed by atoms with Crippen molar-refractivity contribution in [1.82, 2.24) is 15.1 Å². The van der Waals surface area contributed by atoms with Crippen LogP contribution in [0.5, 0.6) is 0 Å². The molecule has 3 rings (SSSR count). The van der Waals surface area contributed by atoms with Crippen LogP contribution in [-0.4, -0.2) is 58.4 Å². The molecule has 0 saturated carbocycles. The highest BCUT2D eigenvalue weighted by Crippen LogP contribution is 2.33. The van der Waals surface area contributed by atoms with E-state index in [1.165, 1.54) is 6.26 Å². The molecule has 0 aliphatic carbocycles. The summed E-state index contributed by atoms with van der Waals surface area (Å²) in [4.78, 5) is 30.1. The second-order valence-corrected chi connectivity index (χ2v) is 10.4. The van der Waals surface area contributed by atoms with Crippen molar-refractivity contribution >= 4 is 11.8 Å². The summed E-state index contributed by atoms with van der Waals surface area (Å²) in [7, 11) is 0. The largest absolute Gasteiger partial charge is 0.459 e. The number of carbonyl (C=O) groups excluding carboxylic acids is 2. The first-order valence-electron chi connectivity index (χ1n) is 11.5. The number of rotatable bonds is 6. The van der Waals surface area contributed by atoms with Gasteiger partial charge in [0, 0.05) is 42.7 Å². The number of carbonyl (C=O) groups is 2. The number of hydrogen-bond donors (Lipinski definition) is 1. The van der Waals surface area contributed by atoms with Crippen LogP contribution < -0.4 is 5.32 Å². The Bertz CT molecular complexity index is 702. The number of nitrogens with one attached hydrogen (secondary N) is 1. The molecule has 1 aromatic heterocycles. The van der Waals surface area contributed by atoms with Crippen molar-refractivity contribution in [3.63, 3.8) is 0 Å². The Morgan fingerprint density at radius 3 is 2.33 bits per heavy atom. The van der Waals surface area contributed by atoms with E-state index in [1.807, 2.05) is 4.90 Å². The molecule has 168 valence electrons. The molecule has 3 heterocycles. The molecule has 0 bridgehead atoms. The van der Waals surface area contributed by atoms with Crippen LogP contribution in [0, 0.1) is 5.92 Å². The van der Waals surface area contributed by atoms with Crippen molar-refractivity contribution < 1.29 is 14.0 Å². The highest BCUT2D eigenvalue weighted by Gasteiger charge is 2.42. The van der Waals surface area contributed by atoms with Gasteiger partial charge in [-0.1, -0.05) is 13.3 Å². The summed E-state index contributed by atoms with van der Waals surface area (Å²) in [6.45, 7) is 13.2. The van der Waals surface area contributed by atoms with E-state index in [2.05, 4.69) is 44.8 Å². The quantitative estimate of drug-likeness (QED) is 0.758. The molecule has 0 spiro atoms. The van der Waals surface area contributed by atoms with Crippen LogP contribution in [-0.2, 0) is 4.79 Å². The first-order chi connectivity index (χ1) is 14.1. The molecule has 2 saturated heterocycles. The molecule has 0 radical (unpaired) electrons. The normalized spacial score (nSPS) is 22.1. The predicted molar refractivity (Wildman–Crippen MR) is 118 cm³/mol. The summed E-state index contributed by atoms with van der Waals surface area (Å²) >= 11 is 0. The Kier molecular flexibility index (Phi) is 6.95. The van der Waals surface area contributed by atoms with Gasteiger partial charge in [-0.15, -0.1) is 0 Å². The van der Waals surface area contributed by atoms with Crippen molar-refractivity contribution in [3.8, 4) is 0 Å². The molecule has 6 heteroatoms. The minimum absolute atomic E-state index is 0.00335. The SMILES string of the molecule is CCCCN(C(=O)C1CCN(C(=O)c2ccco2)CC1)C1CC(C)(C)NC(C)(C)C1. The fourth-order valence-corrected chi connectivity index (χ4v) is 5.41. The summed E-state index contributed by atoms with van der Waals surface area (Å²) in [6, 6.07) is 3.70. The molecule has 0 aromatic carbocycles. The van der Waals surface area contributed by atoms with E-state index in [-0.39, 0.29) is 34.9 Å². The van der Waals surface area contributed by atoms with Gasteiger partial charge in [0.15, 0.2) is 5.76 Å². The first-order valence-corrected chi connectivity index (χ1v) is 11.5. The van der Waals surface area contributed by atoms with Crippen LogP contribution in [0.25, 0.3) is 0 Å². The third kappa shape index (κ3) is 5.45. The van der Waals surface area contributed by atoms with Gasteiger partial charge in [-0.05, 0) is 71.9 Å². The molecular weight excluding hydrogens is 378 g/mol. The summed E-state index contributed by atoms with van der Waals surface area (Å²) in [6.07, 6.45) is 7.04. The zero-order valence-electron chi connectivity index (χ0n) is 19.4. The third-order valence-corrected chi connectivity index (χ3v) is 6.51. The van der Waals surface area contributed by atoms with Crippen molar-refractivity contribution in [2.24, 2.45) is 5.92 Å². The molecule has 30 heavy (non-hydrogen) atoms. The molecule has 1 aromatic rings.